The third kappa shape index (κ3) is 2.05. The second-order valence-electron chi connectivity index (χ2n) is 5.74. The van der Waals surface area contributed by atoms with Gasteiger partial charge >= 0.3 is 0 Å². The van der Waals surface area contributed by atoms with Crippen LogP contribution in [0.4, 0.5) is 0 Å². The van der Waals surface area contributed by atoms with E-state index in [0.29, 0.717) is 23.6 Å². The summed E-state index contributed by atoms with van der Waals surface area (Å²) in [5.41, 5.74) is 1.31. The summed E-state index contributed by atoms with van der Waals surface area (Å²) in [4.78, 5) is 25.6. The maximum Gasteiger partial charge on any atom is 0.261 e. The molecule has 0 bridgehead atoms. The summed E-state index contributed by atoms with van der Waals surface area (Å²) in [6.45, 7) is 10.2. The van der Waals surface area contributed by atoms with E-state index in [1.807, 2.05) is 0 Å². The van der Waals surface area contributed by atoms with E-state index >= 15 is 0 Å². The molecular weight excluding hydrogens is 226 g/mol. The van der Waals surface area contributed by atoms with E-state index in [9.17, 15) is 9.59 Å². The zero-order valence-electron chi connectivity index (χ0n) is 11.2. The summed E-state index contributed by atoms with van der Waals surface area (Å²) in [6, 6.07) is 0. The topological polar surface area (TPSA) is 37.4 Å². The van der Waals surface area contributed by atoms with Gasteiger partial charge in [0.25, 0.3) is 11.8 Å². The number of rotatable bonds is 4. The Morgan fingerprint density at radius 2 is 2.00 bits per heavy atom. The van der Waals surface area contributed by atoms with Crippen molar-refractivity contribution < 1.29 is 9.59 Å². The first-order chi connectivity index (χ1) is 8.38. The highest BCUT2D eigenvalue weighted by Gasteiger charge is 2.49. The lowest BCUT2D eigenvalue weighted by molar-refractivity contribution is -0.137. The minimum absolute atomic E-state index is 0.147. The Kier molecular flexibility index (Phi) is 3.01. The van der Waals surface area contributed by atoms with E-state index < -0.39 is 0 Å². The van der Waals surface area contributed by atoms with Crippen LogP contribution in [0.5, 0.6) is 0 Å². The van der Waals surface area contributed by atoms with Gasteiger partial charge < -0.3 is 0 Å². The molecule has 1 atom stereocenters. The van der Waals surface area contributed by atoms with E-state index in [1.54, 1.807) is 25.2 Å². The minimum atomic E-state index is -0.168. The van der Waals surface area contributed by atoms with Crippen molar-refractivity contribution in [2.24, 2.45) is 11.3 Å². The SMILES string of the molecule is C=CC=CC1=C(C)C(=O)N(CC2CC2(C)C)C1=O. The molecule has 2 aliphatic rings. The Morgan fingerprint density at radius 1 is 1.39 bits per heavy atom. The third-order valence-electron chi connectivity index (χ3n) is 3.96. The Balaban J connectivity index is 2.13. The van der Waals surface area contributed by atoms with Crippen molar-refractivity contribution in [3.05, 3.63) is 36.0 Å². The molecule has 2 rings (SSSR count). The minimum Gasteiger partial charge on any atom is -0.274 e. The number of carbonyl (C=O) groups is 2. The lowest BCUT2D eigenvalue weighted by atomic mass is 10.1. The van der Waals surface area contributed by atoms with Crippen LogP contribution < -0.4 is 0 Å². The van der Waals surface area contributed by atoms with Gasteiger partial charge in [-0.15, -0.1) is 0 Å². The van der Waals surface area contributed by atoms with Crippen molar-refractivity contribution in [3.8, 4) is 0 Å². The molecule has 0 aromatic heterocycles. The molecule has 0 aromatic carbocycles. The van der Waals surface area contributed by atoms with Crippen LogP contribution in [0.2, 0.25) is 0 Å². The van der Waals surface area contributed by atoms with Crippen LogP contribution in [0.1, 0.15) is 27.2 Å². The summed E-state index contributed by atoms with van der Waals surface area (Å²) in [5.74, 6) is 0.130. The van der Waals surface area contributed by atoms with Crippen molar-refractivity contribution in [1.29, 1.82) is 0 Å². The maximum absolute atomic E-state index is 12.2. The summed E-state index contributed by atoms with van der Waals surface area (Å²) >= 11 is 0. The molecule has 96 valence electrons. The van der Waals surface area contributed by atoms with Gasteiger partial charge in [0, 0.05) is 17.7 Å². The number of carbonyl (C=O) groups excluding carboxylic acids is 2. The molecule has 1 unspecified atom stereocenters. The second-order valence-corrected chi connectivity index (χ2v) is 5.74. The van der Waals surface area contributed by atoms with Crippen LogP contribution in [-0.4, -0.2) is 23.3 Å². The van der Waals surface area contributed by atoms with Crippen LogP contribution in [0.15, 0.2) is 36.0 Å². The highest BCUT2D eigenvalue weighted by atomic mass is 16.2. The molecule has 0 spiro atoms. The van der Waals surface area contributed by atoms with Crippen molar-refractivity contribution in [2.75, 3.05) is 6.54 Å². The van der Waals surface area contributed by atoms with Crippen molar-refractivity contribution in [2.45, 2.75) is 27.2 Å². The average molecular weight is 245 g/mol. The standard InChI is InChI=1S/C15H19NO2/c1-5-6-7-12-10(2)13(17)16(14(12)18)9-11-8-15(11,3)4/h5-7,11H,1,8-9H2,2-4H3. The quantitative estimate of drug-likeness (QED) is 0.563. The molecule has 1 aliphatic carbocycles. The van der Waals surface area contributed by atoms with Crippen LogP contribution in [0, 0.1) is 11.3 Å². The fourth-order valence-electron chi connectivity index (χ4n) is 2.35. The molecule has 1 aliphatic heterocycles. The molecule has 3 heteroatoms. The molecule has 0 N–H and O–H groups in total. The molecule has 3 nitrogen and oxygen atoms in total. The first kappa shape index (κ1) is 12.8. The van der Waals surface area contributed by atoms with Gasteiger partial charge in [-0.25, -0.2) is 0 Å². The van der Waals surface area contributed by atoms with Crippen LogP contribution in [0.25, 0.3) is 0 Å². The van der Waals surface area contributed by atoms with Gasteiger partial charge in [0.2, 0.25) is 0 Å². The van der Waals surface area contributed by atoms with Gasteiger partial charge in [-0.1, -0.05) is 32.6 Å². The Hall–Kier alpha value is -1.64. The first-order valence-corrected chi connectivity index (χ1v) is 6.24. The Labute approximate surface area is 108 Å². The van der Waals surface area contributed by atoms with E-state index in [1.165, 1.54) is 4.90 Å². The number of amides is 2. The summed E-state index contributed by atoms with van der Waals surface area (Å²) < 4.78 is 0. The van der Waals surface area contributed by atoms with E-state index in [-0.39, 0.29) is 17.2 Å². The molecular formula is C15H19NO2. The highest BCUT2D eigenvalue weighted by molar-refractivity contribution is 6.20. The maximum atomic E-state index is 12.2. The van der Waals surface area contributed by atoms with Gasteiger partial charge in [-0.05, 0) is 30.8 Å². The zero-order valence-corrected chi connectivity index (χ0v) is 11.2. The lowest BCUT2D eigenvalue weighted by Crippen LogP contribution is -2.34. The molecule has 0 radical (unpaired) electrons. The van der Waals surface area contributed by atoms with Gasteiger partial charge in [0.15, 0.2) is 0 Å². The van der Waals surface area contributed by atoms with Crippen LogP contribution in [-0.2, 0) is 9.59 Å². The monoisotopic (exact) mass is 245 g/mol. The van der Waals surface area contributed by atoms with Gasteiger partial charge in [0.1, 0.15) is 0 Å². The van der Waals surface area contributed by atoms with Gasteiger partial charge in [-0.3, -0.25) is 14.5 Å². The molecule has 0 saturated heterocycles. The van der Waals surface area contributed by atoms with E-state index in [4.69, 9.17) is 0 Å². The molecule has 0 aromatic rings. The van der Waals surface area contributed by atoms with E-state index in [2.05, 4.69) is 20.4 Å². The fourth-order valence-corrected chi connectivity index (χ4v) is 2.35. The predicted octanol–water partition coefficient (Wildman–Crippen LogP) is 2.46. The van der Waals surface area contributed by atoms with Crippen molar-refractivity contribution >= 4 is 11.8 Å². The molecule has 2 amide bonds. The fraction of sp³-hybridized carbons (Fsp3) is 0.467. The van der Waals surface area contributed by atoms with Gasteiger partial charge in [0.05, 0.1) is 0 Å². The lowest BCUT2D eigenvalue weighted by Gasteiger charge is -2.15. The number of hydrogen-bond donors (Lipinski definition) is 0. The number of hydrogen-bond acceptors (Lipinski definition) is 2. The predicted molar refractivity (Wildman–Crippen MR) is 70.6 cm³/mol. The molecule has 18 heavy (non-hydrogen) atoms. The van der Waals surface area contributed by atoms with Crippen LogP contribution >= 0.6 is 0 Å². The first-order valence-electron chi connectivity index (χ1n) is 6.24. The Bertz CT molecular complexity index is 483. The largest absolute Gasteiger partial charge is 0.274 e. The summed E-state index contributed by atoms with van der Waals surface area (Å²) in [7, 11) is 0. The second kappa shape index (κ2) is 4.23. The Morgan fingerprint density at radius 3 is 2.50 bits per heavy atom. The van der Waals surface area contributed by atoms with E-state index in [0.717, 1.165) is 6.42 Å². The summed E-state index contributed by atoms with van der Waals surface area (Å²) in [5, 5.41) is 0. The van der Waals surface area contributed by atoms with Crippen LogP contribution in [0.3, 0.4) is 0 Å². The number of nitrogens with zero attached hydrogens (tertiary/aromatic N) is 1. The average Bonchev–Trinajstić information content (AvgIpc) is 2.86. The molecule has 1 heterocycles. The molecule has 1 fully saturated rings. The smallest absolute Gasteiger partial charge is 0.261 e. The normalized spacial score (nSPS) is 26.4. The molecule has 1 saturated carbocycles. The van der Waals surface area contributed by atoms with Crippen molar-refractivity contribution in [3.63, 3.8) is 0 Å². The van der Waals surface area contributed by atoms with Crippen molar-refractivity contribution in [1.82, 2.24) is 4.90 Å². The third-order valence-corrected chi connectivity index (χ3v) is 3.96. The number of imide groups is 1. The number of allylic oxidation sites excluding steroid dienone is 2. The highest BCUT2D eigenvalue weighted by Crippen LogP contribution is 2.52. The zero-order chi connectivity index (χ0) is 13.5. The summed E-state index contributed by atoms with van der Waals surface area (Å²) in [6.07, 6.45) is 6.04. The van der Waals surface area contributed by atoms with Gasteiger partial charge in [-0.2, -0.15) is 0 Å².